The van der Waals surface area contributed by atoms with E-state index in [0.717, 1.165) is 31.2 Å². The molecule has 3 amide bonds. The van der Waals surface area contributed by atoms with Gasteiger partial charge in [-0.1, -0.05) is 73.9 Å². The number of thioether (sulfide) groups is 1. The summed E-state index contributed by atoms with van der Waals surface area (Å²) in [5, 5.41) is 9.45. The van der Waals surface area contributed by atoms with E-state index in [2.05, 4.69) is 24.3 Å². The van der Waals surface area contributed by atoms with Crippen LogP contribution in [0.3, 0.4) is 0 Å². The second kappa shape index (κ2) is 10.5. The van der Waals surface area contributed by atoms with Crippen LogP contribution in [-0.2, 0) is 20.9 Å². The van der Waals surface area contributed by atoms with E-state index in [-0.39, 0.29) is 35.6 Å². The molecule has 3 fully saturated rings. The molecule has 4 heterocycles. The number of fused-ring (bicyclic) bond motifs is 2. The minimum Gasteiger partial charge on any atom is -0.396 e. The van der Waals surface area contributed by atoms with Gasteiger partial charge in [-0.3, -0.25) is 14.4 Å². The van der Waals surface area contributed by atoms with Crippen molar-refractivity contribution in [1.82, 2.24) is 14.7 Å². The lowest BCUT2D eigenvalue weighted by Crippen LogP contribution is -2.55. The molecule has 8 heteroatoms. The number of carbonyl (C=O) groups is 3. The molecule has 1 saturated carbocycles. The Hall–Kier alpha value is -2.58. The number of hydrogen-bond acceptors (Lipinski definition) is 5. The third kappa shape index (κ3) is 4.20. The van der Waals surface area contributed by atoms with Crippen molar-refractivity contribution in [3.8, 4) is 0 Å². The molecule has 5 aliphatic rings. The Labute approximate surface area is 228 Å². The maximum Gasteiger partial charge on any atom is 0.247 e. The van der Waals surface area contributed by atoms with Gasteiger partial charge < -0.3 is 19.8 Å². The molecule has 7 nitrogen and oxygen atoms in total. The Morgan fingerprint density at radius 1 is 0.947 bits per heavy atom. The van der Waals surface area contributed by atoms with Crippen molar-refractivity contribution in [1.29, 1.82) is 0 Å². The van der Waals surface area contributed by atoms with Gasteiger partial charge in [0.25, 0.3) is 0 Å². The molecule has 6 rings (SSSR count). The van der Waals surface area contributed by atoms with Gasteiger partial charge in [-0.25, -0.2) is 0 Å². The number of likely N-dealkylation sites (tertiary alicyclic amines) is 1. The van der Waals surface area contributed by atoms with Gasteiger partial charge in [-0.2, -0.15) is 0 Å². The van der Waals surface area contributed by atoms with Gasteiger partial charge in [0.2, 0.25) is 17.7 Å². The van der Waals surface area contributed by atoms with E-state index in [0.29, 0.717) is 32.6 Å². The van der Waals surface area contributed by atoms with Crippen molar-refractivity contribution in [2.45, 2.75) is 67.2 Å². The lowest BCUT2D eigenvalue weighted by molar-refractivity contribution is -0.145. The molecule has 0 aromatic heterocycles. The summed E-state index contributed by atoms with van der Waals surface area (Å²) in [5.74, 6) is -1.23. The van der Waals surface area contributed by atoms with Gasteiger partial charge >= 0.3 is 0 Å². The van der Waals surface area contributed by atoms with Gasteiger partial charge in [0.05, 0.1) is 16.6 Å². The van der Waals surface area contributed by atoms with E-state index in [1.807, 2.05) is 40.1 Å². The van der Waals surface area contributed by atoms with Gasteiger partial charge in [0, 0.05) is 44.1 Å². The minimum absolute atomic E-state index is 0.0106. The smallest absolute Gasteiger partial charge is 0.247 e. The van der Waals surface area contributed by atoms with E-state index in [1.54, 1.807) is 16.7 Å². The molecule has 4 aliphatic heterocycles. The largest absolute Gasteiger partial charge is 0.396 e. The molecule has 1 aromatic carbocycles. The van der Waals surface area contributed by atoms with E-state index in [4.69, 9.17) is 0 Å². The highest BCUT2D eigenvalue weighted by atomic mass is 32.2. The second-order valence-corrected chi connectivity index (χ2v) is 12.8. The number of rotatable bonds is 6. The van der Waals surface area contributed by atoms with Crippen molar-refractivity contribution in [3.05, 3.63) is 60.2 Å². The first kappa shape index (κ1) is 25.7. The SMILES string of the molecule is O=C1[C@@H]2[C@H]3C(=O)N(CCCO)C4C(=O)N(C5CCCCC5)CC=C[C@@]43S[C@@H]2C=CCN1Cc1ccccc1. The highest BCUT2D eigenvalue weighted by Crippen LogP contribution is 2.61. The van der Waals surface area contributed by atoms with Crippen LogP contribution >= 0.6 is 11.8 Å². The quantitative estimate of drug-likeness (QED) is 0.567. The van der Waals surface area contributed by atoms with Crippen LogP contribution in [0.25, 0.3) is 0 Å². The van der Waals surface area contributed by atoms with E-state index >= 15 is 0 Å². The van der Waals surface area contributed by atoms with Crippen molar-refractivity contribution in [2.75, 3.05) is 26.2 Å². The first-order chi connectivity index (χ1) is 18.5. The fourth-order valence-corrected chi connectivity index (χ4v) is 9.36. The first-order valence-electron chi connectivity index (χ1n) is 14.1. The van der Waals surface area contributed by atoms with Crippen LogP contribution in [-0.4, -0.2) is 85.8 Å². The Morgan fingerprint density at radius 2 is 1.74 bits per heavy atom. The molecule has 1 aromatic rings. The lowest BCUT2D eigenvalue weighted by Gasteiger charge is -2.39. The summed E-state index contributed by atoms with van der Waals surface area (Å²) in [6.45, 7) is 1.84. The van der Waals surface area contributed by atoms with Gasteiger partial charge in [0.1, 0.15) is 6.04 Å². The van der Waals surface area contributed by atoms with Crippen LogP contribution in [0.4, 0.5) is 0 Å². The molecule has 0 radical (unpaired) electrons. The number of nitrogens with zero attached hydrogens (tertiary/aromatic N) is 3. The van der Waals surface area contributed by atoms with Gasteiger partial charge in [0.15, 0.2) is 0 Å². The predicted octanol–water partition coefficient (Wildman–Crippen LogP) is 3.00. The van der Waals surface area contributed by atoms with Crippen LogP contribution in [0.15, 0.2) is 54.6 Å². The van der Waals surface area contributed by atoms with Crippen LogP contribution < -0.4 is 0 Å². The van der Waals surface area contributed by atoms with E-state index < -0.39 is 22.6 Å². The van der Waals surface area contributed by atoms with Crippen molar-refractivity contribution in [3.63, 3.8) is 0 Å². The lowest BCUT2D eigenvalue weighted by atomic mass is 9.78. The first-order valence-corrected chi connectivity index (χ1v) is 15.0. The maximum atomic E-state index is 14.3. The zero-order chi connectivity index (χ0) is 26.3. The second-order valence-electron chi connectivity index (χ2n) is 11.3. The summed E-state index contributed by atoms with van der Waals surface area (Å²) in [6, 6.07) is 9.50. The topological polar surface area (TPSA) is 81.2 Å². The average Bonchev–Trinajstić information content (AvgIpc) is 3.25. The molecule has 1 N–H and O–H groups in total. The normalized spacial score (nSPS) is 33.3. The van der Waals surface area contributed by atoms with Crippen molar-refractivity contribution >= 4 is 29.5 Å². The summed E-state index contributed by atoms with van der Waals surface area (Å²) >= 11 is 1.64. The highest BCUT2D eigenvalue weighted by Gasteiger charge is 2.71. The summed E-state index contributed by atoms with van der Waals surface area (Å²) in [6.07, 6.45) is 14.2. The fourth-order valence-electron chi connectivity index (χ4n) is 7.35. The number of benzene rings is 1. The van der Waals surface area contributed by atoms with Crippen molar-refractivity contribution < 1.29 is 19.5 Å². The molecule has 1 unspecified atom stereocenters. The molecular weight excluding hydrogens is 498 g/mol. The van der Waals surface area contributed by atoms with Crippen LogP contribution in [0, 0.1) is 11.8 Å². The zero-order valence-corrected chi connectivity index (χ0v) is 22.6. The predicted molar refractivity (Wildman–Crippen MR) is 147 cm³/mol. The van der Waals surface area contributed by atoms with Crippen LogP contribution in [0.5, 0.6) is 0 Å². The molecule has 5 atom stereocenters. The molecule has 1 spiro atoms. The zero-order valence-electron chi connectivity index (χ0n) is 21.8. The van der Waals surface area contributed by atoms with Crippen LogP contribution in [0.2, 0.25) is 0 Å². The summed E-state index contributed by atoms with van der Waals surface area (Å²) < 4.78 is -0.780. The number of aliphatic hydroxyl groups excluding tert-OH is 1. The molecule has 202 valence electrons. The van der Waals surface area contributed by atoms with Gasteiger partial charge in [-0.15, -0.1) is 11.8 Å². The Bertz CT molecular complexity index is 1130. The van der Waals surface area contributed by atoms with Crippen LogP contribution in [0.1, 0.15) is 44.1 Å². The minimum atomic E-state index is -0.780. The van der Waals surface area contributed by atoms with Gasteiger partial charge in [-0.05, 0) is 24.8 Å². The monoisotopic (exact) mass is 535 g/mol. The average molecular weight is 536 g/mol. The number of amides is 3. The third-order valence-electron chi connectivity index (χ3n) is 9.06. The molecular formula is C30H37N3O4S. The molecule has 38 heavy (non-hydrogen) atoms. The van der Waals surface area contributed by atoms with E-state index in [1.165, 1.54) is 6.42 Å². The number of hydrogen-bond donors (Lipinski definition) is 1. The number of carbonyl (C=O) groups excluding carboxylic acids is 3. The Balaban J connectivity index is 1.36. The van der Waals surface area contributed by atoms with E-state index in [9.17, 15) is 19.5 Å². The maximum absolute atomic E-state index is 14.3. The third-order valence-corrected chi connectivity index (χ3v) is 10.8. The number of aliphatic hydroxyl groups is 1. The molecule has 0 bridgehead atoms. The van der Waals surface area contributed by atoms with Crippen molar-refractivity contribution in [2.24, 2.45) is 11.8 Å². The summed E-state index contributed by atoms with van der Waals surface area (Å²) in [5.41, 5.74) is 1.06. The summed E-state index contributed by atoms with van der Waals surface area (Å²) in [4.78, 5) is 48.3. The molecule has 2 saturated heterocycles. The standard InChI is InChI=1S/C30H37N3O4S/c34-19-9-18-33-26-29(37)32(22-12-5-2-6-13-22)17-8-15-30(26)25(28(33)36)24-23(38-30)14-7-16-31(27(24)35)20-21-10-3-1-4-11-21/h1,3-4,7-8,10-11,14-15,22-26,34H,2,5-6,9,12-13,16-20H2/t23-,24+,25+,26?,30+/m1/s1. The molecule has 1 aliphatic carbocycles. The Morgan fingerprint density at radius 3 is 2.50 bits per heavy atom. The highest BCUT2D eigenvalue weighted by molar-refractivity contribution is 8.02. The fraction of sp³-hybridized carbons (Fsp3) is 0.567. The Kier molecular flexibility index (Phi) is 7.12. The summed E-state index contributed by atoms with van der Waals surface area (Å²) in [7, 11) is 0.